The van der Waals surface area contributed by atoms with Gasteiger partial charge < -0.3 is 5.32 Å². The Morgan fingerprint density at radius 1 is 1.26 bits per heavy atom. The topological polar surface area (TPSA) is 32.3 Å². The Balaban J connectivity index is 2.13. The zero-order valence-electron chi connectivity index (χ0n) is 13.2. The van der Waals surface area contributed by atoms with Crippen molar-refractivity contribution in [3.05, 3.63) is 0 Å². The van der Waals surface area contributed by atoms with Crippen LogP contribution in [0, 0.1) is 11.8 Å². The second-order valence-electron chi connectivity index (χ2n) is 6.56. The van der Waals surface area contributed by atoms with Crippen molar-refractivity contribution in [3.63, 3.8) is 0 Å². The van der Waals surface area contributed by atoms with Gasteiger partial charge in [-0.3, -0.25) is 9.69 Å². The molecule has 1 atom stereocenters. The molecule has 0 aliphatic heterocycles. The van der Waals surface area contributed by atoms with Crippen LogP contribution in [0.1, 0.15) is 59.8 Å². The molecule has 0 spiro atoms. The summed E-state index contributed by atoms with van der Waals surface area (Å²) < 4.78 is 0. The average molecular weight is 268 g/mol. The first kappa shape index (κ1) is 16.5. The highest BCUT2D eigenvalue weighted by Gasteiger charge is 2.24. The van der Waals surface area contributed by atoms with Crippen molar-refractivity contribution in [2.45, 2.75) is 65.8 Å². The number of nitrogens with zero attached hydrogens (tertiary/aromatic N) is 1. The number of hydrogen-bond acceptors (Lipinski definition) is 2. The van der Waals surface area contributed by atoms with Crippen LogP contribution < -0.4 is 5.32 Å². The Labute approximate surface area is 119 Å². The molecule has 0 aromatic carbocycles. The van der Waals surface area contributed by atoms with Gasteiger partial charge in [-0.2, -0.15) is 0 Å². The molecule has 3 nitrogen and oxygen atoms in total. The minimum Gasteiger partial charge on any atom is -0.353 e. The largest absolute Gasteiger partial charge is 0.353 e. The van der Waals surface area contributed by atoms with Crippen LogP contribution in [0.15, 0.2) is 0 Å². The van der Waals surface area contributed by atoms with Gasteiger partial charge in [-0.05, 0) is 44.6 Å². The van der Waals surface area contributed by atoms with E-state index in [0.29, 0.717) is 12.6 Å². The summed E-state index contributed by atoms with van der Waals surface area (Å²) in [6.07, 6.45) is 6.26. The molecule has 1 aliphatic carbocycles. The Bertz CT molecular complexity index is 261. The molecule has 1 fully saturated rings. The van der Waals surface area contributed by atoms with Crippen molar-refractivity contribution in [2.24, 2.45) is 11.8 Å². The molecule has 0 aromatic heterocycles. The number of nitrogens with one attached hydrogen (secondary N) is 1. The van der Waals surface area contributed by atoms with Crippen LogP contribution in [0.5, 0.6) is 0 Å². The van der Waals surface area contributed by atoms with Crippen molar-refractivity contribution in [1.82, 2.24) is 10.2 Å². The van der Waals surface area contributed by atoms with E-state index in [0.717, 1.165) is 31.3 Å². The van der Waals surface area contributed by atoms with Gasteiger partial charge in [-0.1, -0.05) is 33.6 Å². The lowest BCUT2D eigenvalue weighted by atomic mass is 10.0. The van der Waals surface area contributed by atoms with Crippen LogP contribution in [0.4, 0.5) is 0 Å². The number of rotatable bonds is 10. The first-order valence-electron chi connectivity index (χ1n) is 8.03. The Kier molecular flexibility index (Phi) is 7.44. The summed E-state index contributed by atoms with van der Waals surface area (Å²) in [5.74, 6) is 1.81. The van der Waals surface area contributed by atoms with Crippen molar-refractivity contribution in [3.8, 4) is 0 Å². The van der Waals surface area contributed by atoms with Crippen molar-refractivity contribution < 1.29 is 4.79 Å². The van der Waals surface area contributed by atoms with Gasteiger partial charge in [0.15, 0.2) is 0 Å². The minimum atomic E-state index is 0.194. The zero-order chi connectivity index (χ0) is 14.3. The second-order valence-corrected chi connectivity index (χ2v) is 6.56. The molecule has 1 rings (SSSR count). The fraction of sp³-hybridized carbons (Fsp3) is 0.938. The van der Waals surface area contributed by atoms with E-state index in [-0.39, 0.29) is 5.91 Å². The van der Waals surface area contributed by atoms with Gasteiger partial charge in [0, 0.05) is 12.6 Å². The number of amides is 1. The minimum absolute atomic E-state index is 0.194. The third-order valence-electron chi connectivity index (χ3n) is 3.85. The van der Waals surface area contributed by atoms with Crippen LogP contribution in [-0.4, -0.2) is 36.5 Å². The van der Waals surface area contributed by atoms with E-state index >= 15 is 0 Å². The van der Waals surface area contributed by atoms with Crippen molar-refractivity contribution >= 4 is 5.91 Å². The molecule has 1 amide bonds. The quantitative estimate of drug-likeness (QED) is 0.660. The van der Waals surface area contributed by atoms with E-state index in [1.807, 2.05) is 0 Å². The molecule has 3 heteroatoms. The first-order chi connectivity index (χ1) is 9.01. The third kappa shape index (κ3) is 8.25. The molecular formula is C16H32N2O. The number of hydrogen-bond donors (Lipinski definition) is 1. The zero-order valence-corrected chi connectivity index (χ0v) is 13.2. The van der Waals surface area contributed by atoms with Gasteiger partial charge in [0.05, 0.1) is 6.54 Å². The van der Waals surface area contributed by atoms with E-state index < -0.39 is 0 Å². The molecule has 0 saturated heterocycles. The summed E-state index contributed by atoms with van der Waals surface area (Å²) >= 11 is 0. The molecule has 112 valence electrons. The first-order valence-corrected chi connectivity index (χ1v) is 8.03. The van der Waals surface area contributed by atoms with Crippen LogP contribution in [0.25, 0.3) is 0 Å². The summed E-state index contributed by atoms with van der Waals surface area (Å²) in [5, 5.41) is 3.13. The molecule has 1 aliphatic rings. The molecule has 0 bridgehead atoms. The van der Waals surface area contributed by atoms with Crippen LogP contribution in [-0.2, 0) is 4.79 Å². The normalized spacial score (nSPS) is 16.9. The molecule has 1 unspecified atom stereocenters. The SMILES string of the molecule is CCN(CC(=O)NC(C)CCCC(C)C)CC1CC1. The maximum Gasteiger partial charge on any atom is 0.234 e. The summed E-state index contributed by atoms with van der Waals surface area (Å²) in [7, 11) is 0. The van der Waals surface area contributed by atoms with Gasteiger partial charge in [-0.25, -0.2) is 0 Å². The highest BCUT2D eigenvalue weighted by Crippen LogP contribution is 2.29. The predicted molar refractivity (Wildman–Crippen MR) is 81.1 cm³/mol. The van der Waals surface area contributed by atoms with E-state index in [1.54, 1.807) is 0 Å². The van der Waals surface area contributed by atoms with Crippen molar-refractivity contribution in [1.29, 1.82) is 0 Å². The lowest BCUT2D eigenvalue weighted by Crippen LogP contribution is -2.41. The lowest BCUT2D eigenvalue weighted by molar-refractivity contribution is -0.122. The molecule has 1 N–H and O–H groups in total. The highest BCUT2D eigenvalue weighted by atomic mass is 16.2. The maximum atomic E-state index is 12.0. The van der Waals surface area contributed by atoms with E-state index in [2.05, 4.69) is 37.9 Å². The lowest BCUT2D eigenvalue weighted by Gasteiger charge is -2.21. The molecule has 0 heterocycles. The summed E-state index contributed by atoms with van der Waals surface area (Å²) in [6.45, 7) is 11.4. The van der Waals surface area contributed by atoms with Crippen LogP contribution in [0.2, 0.25) is 0 Å². The molecule has 1 saturated carbocycles. The molecule has 19 heavy (non-hydrogen) atoms. The highest BCUT2D eigenvalue weighted by molar-refractivity contribution is 5.78. The predicted octanol–water partition coefficient (Wildman–Crippen LogP) is 3.05. The summed E-state index contributed by atoms with van der Waals surface area (Å²) in [5.41, 5.74) is 0. The van der Waals surface area contributed by atoms with Gasteiger partial charge in [0.2, 0.25) is 5.91 Å². The Morgan fingerprint density at radius 3 is 2.47 bits per heavy atom. The fourth-order valence-electron chi connectivity index (χ4n) is 2.40. The molecule has 0 aromatic rings. The number of carbonyl (C=O) groups excluding carboxylic acids is 1. The van der Waals surface area contributed by atoms with Crippen molar-refractivity contribution in [2.75, 3.05) is 19.6 Å². The van der Waals surface area contributed by atoms with Gasteiger partial charge in [-0.15, -0.1) is 0 Å². The smallest absolute Gasteiger partial charge is 0.234 e. The second kappa shape index (κ2) is 8.57. The van der Waals surface area contributed by atoms with Crippen LogP contribution >= 0.6 is 0 Å². The number of likely N-dealkylation sites (N-methyl/N-ethyl adjacent to an activating group) is 1. The van der Waals surface area contributed by atoms with E-state index in [1.165, 1.54) is 25.7 Å². The average Bonchev–Trinajstić information content (AvgIpc) is 3.11. The Hall–Kier alpha value is -0.570. The van der Waals surface area contributed by atoms with Gasteiger partial charge in [0.1, 0.15) is 0 Å². The van der Waals surface area contributed by atoms with Crippen LogP contribution in [0.3, 0.4) is 0 Å². The summed E-state index contributed by atoms with van der Waals surface area (Å²) in [4.78, 5) is 14.2. The standard InChI is InChI=1S/C16H32N2O/c1-5-18(11-15-9-10-15)12-16(19)17-14(4)8-6-7-13(2)3/h13-15H,5-12H2,1-4H3,(H,17,19). The van der Waals surface area contributed by atoms with E-state index in [4.69, 9.17) is 0 Å². The van der Waals surface area contributed by atoms with Gasteiger partial charge >= 0.3 is 0 Å². The van der Waals surface area contributed by atoms with Gasteiger partial charge in [0.25, 0.3) is 0 Å². The maximum absolute atomic E-state index is 12.0. The molecular weight excluding hydrogens is 236 g/mol. The fourth-order valence-corrected chi connectivity index (χ4v) is 2.40. The van der Waals surface area contributed by atoms with E-state index in [9.17, 15) is 4.79 Å². The monoisotopic (exact) mass is 268 g/mol. The summed E-state index contributed by atoms with van der Waals surface area (Å²) in [6, 6.07) is 0.311. The Morgan fingerprint density at radius 2 is 1.95 bits per heavy atom. The number of carbonyl (C=O) groups is 1. The molecule has 0 radical (unpaired) electrons. The third-order valence-corrected chi connectivity index (χ3v) is 3.85.